The number of ether oxygens (including phenoxy) is 4. The number of aliphatic imine (C=N–C) groups is 2. The van der Waals surface area contributed by atoms with Crippen molar-refractivity contribution >= 4 is 57.8 Å². The van der Waals surface area contributed by atoms with Gasteiger partial charge in [-0.15, -0.1) is 0 Å². The Bertz CT molecular complexity index is 1490. The SMILES string of the molecule is COc1cc(/C=C2\SC(N3CCCCC3)=NC2=O)ccc1OCCCOc1ccc(/C=C2\SC(N3CCCCC3)=NC2=O)cc1OC. The first-order chi connectivity index (χ1) is 23.0. The van der Waals surface area contributed by atoms with Crippen molar-refractivity contribution in [2.24, 2.45) is 9.98 Å². The predicted molar refractivity (Wildman–Crippen MR) is 188 cm³/mol. The highest BCUT2D eigenvalue weighted by molar-refractivity contribution is 8.18. The lowest BCUT2D eigenvalue weighted by molar-refractivity contribution is -0.114. The van der Waals surface area contributed by atoms with Gasteiger partial charge in [0.2, 0.25) is 0 Å². The van der Waals surface area contributed by atoms with Crippen molar-refractivity contribution in [1.82, 2.24) is 9.80 Å². The smallest absolute Gasteiger partial charge is 0.286 e. The Hall–Kier alpha value is -3.90. The van der Waals surface area contributed by atoms with Crippen molar-refractivity contribution in [3.63, 3.8) is 0 Å². The van der Waals surface area contributed by atoms with E-state index in [-0.39, 0.29) is 11.8 Å². The summed E-state index contributed by atoms with van der Waals surface area (Å²) in [5, 5.41) is 1.61. The van der Waals surface area contributed by atoms with Crippen molar-refractivity contribution in [2.45, 2.75) is 44.9 Å². The molecule has 0 aliphatic carbocycles. The maximum Gasteiger partial charge on any atom is 0.286 e. The third-order valence-corrected chi connectivity index (χ3v) is 10.3. The number of amides is 2. The molecule has 0 bridgehead atoms. The number of nitrogens with zero attached hydrogens (tertiary/aromatic N) is 4. The molecule has 47 heavy (non-hydrogen) atoms. The Labute approximate surface area is 284 Å². The molecule has 2 aromatic carbocycles. The largest absolute Gasteiger partial charge is 0.493 e. The summed E-state index contributed by atoms with van der Waals surface area (Å²) in [6.07, 6.45) is 11.3. The second kappa shape index (κ2) is 15.8. The van der Waals surface area contributed by atoms with Gasteiger partial charge in [0, 0.05) is 32.6 Å². The van der Waals surface area contributed by atoms with Crippen LogP contribution in [0.2, 0.25) is 0 Å². The van der Waals surface area contributed by atoms with Crippen LogP contribution in [0.1, 0.15) is 56.1 Å². The number of likely N-dealkylation sites (tertiary alicyclic amines) is 2. The number of benzene rings is 2. The average molecular weight is 677 g/mol. The van der Waals surface area contributed by atoms with Gasteiger partial charge >= 0.3 is 0 Å². The zero-order valence-corrected chi connectivity index (χ0v) is 28.5. The van der Waals surface area contributed by atoms with Crippen LogP contribution in [0.4, 0.5) is 0 Å². The standard InChI is InChI=1S/C35H40N4O6S2/c1-42-28-20-24(22-30-32(40)36-34(46-30)38-14-5-3-6-15-38)10-12-26(28)44-18-9-19-45-27-13-11-25(21-29(27)43-2)23-31-33(41)37-35(47-31)39-16-7-4-8-17-39/h10-13,20-23H,3-9,14-19H2,1-2H3/b30-22-,31-23-. The molecule has 10 nitrogen and oxygen atoms in total. The molecule has 4 aliphatic heterocycles. The summed E-state index contributed by atoms with van der Waals surface area (Å²) in [4.78, 5) is 39.3. The highest BCUT2D eigenvalue weighted by Crippen LogP contribution is 2.36. The van der Waals surface area contributed by atoms with Crippen molar-refractivity contribution in [1.29, 1.82) is 0 Å². The summed E-state index contributed by atoms with van der Waals surface area (Å²) in [5.74, 6) is 2.02. The monoisotopic (exact) mass is 676 g/mol. The normalized spacial score (nSPS) is 20.1. The van der Waals surface area contributed by atoms with Crippen LogP contribution in [0.3, 0.4) is 0 Å². The average Bonchev–Trinajstić information content (AvgIpc) is 3.67. The van der Waals surface area contributed by atoms with Crippen LogP contribution in [-0.2, 0) is 9.59 Å². The van der Waals surface area contributed by atoms with E-state index in [0.29, 0.717) is 52.4 Å². The third kappa shape index (κ3) is 8.34. The Kier molecular flexibility index (Phi) is 11.1. The van der Waals surface area contributed by atoms with Gasteiger partial charge < -0.3 is 28.7 Å². The van der Waals surface area contributed by atoms with Gasteiger partial charge in [0.15, 0.2) is 33.3 Å². The minimum Gasteiger partial charge on any atom is -0.493 e. The van der Waals surface area contributed by atoms with Crippen molar-refractivity contribution in [3.8, 4) is 23.0 Å². The maximum absolute atomic E-state index is 12.6. The molecule has 0 radical (unpaired) electrons. The minimum atomic E-state index is -0.197. The van der Waals surface area contributed by atoms with E-state index in [1.807, 2.05) is 48.6 Å². The number of carbonyl (C=O) groups is 2. The molecule has 0 saturated carbocycles. The molecule has 12 heteroatoms. The number of rotatable bonds is 10. The fraction of sp³-hybridized carbons (Fsp3) is 0.429. The molecule has 2 fully saturated rings. The molecular formula is C35H40N4O6S2. The van der Waals surface area contributed by atoms with Gasteiger partial charge in [0.05, 0.1) is 37.2 Å². The summed E-state index contributed by atoms with van der Waals surface area (Å²) >= 11 is 2.88. The first-order valence-electron chi connectivity index (χ1n) is 16.2. The Balaban J connectivity index is 0.984. The van der Waals surface area contributed by atoms with Crippen LogP contribution in [0.15, 0.2) is 56.2 Å². The first-order valence-corrected chi connectivity index (χ1v) is 17.8. The number of piperidine rings is 2. The third-order valence-electron chi connectivity index (χ3n) is 8.25. The van der Waals surface area contributed by atoms with E-state index < -0.39 is 0 Å². The molecule has 0 atom stereocenters. The van der Waals surface area contributed by atoms with E-state index in [1.165, 1.54) is 36.4 Å². The number of thioether (sulfide) groups is 2. The van der Waals surface area contributed by atoms with E-state index >= 15 is 0 Å². The summed E-state index contributed by atoms with van der Waals surface area (Å²) in [6.45, 7) is 4.65. The number of hydrogen-bond donors (Lipinski definition) is 0. The van der Waals surface area contributed by atoms with E-state index in [0.717, 1.165) is 73.3 Å². The van der Waals surface area contributed by atoms with Crippen LogP contribution in [0.5, 0.6) is 23.0 Å². The van der Waals surface area contributed by atoms with Crippen LogP contribution >= 0.6 is 23.5 Å². The molecule has 248 valence electrons. The summed E-state index contributed by atoms with van der Waals surface area (Å²) in [6, 6.07) is 11.3. The molecule has 4 aliphatic rings. The predicted octanol–water partition coefficient (Wildman–Crippen LogP) is 6.46. The molecule has 2 saturated heterocycles. The van der Waals surface area contributed by atoms with E-state index in [4.69, 9.17) is 18.9 Å². The summed E-state index contributed by atoms with van der Waals surface area (Å²) in [7, 11) is 3.20. The number of carbonyl (C=O) groups excluding carboxylic acids is 2. The Morgan fingerprint density at radius 1 is 0.638 bits per heavy atom. The number of methoxy groups -OCH3 is 2. The topological polar surface area (TPSA) is 102 Å². The lowest BCUT2D eigenvalue weighted by Crippen LogP contribution is -2.33. The molecule has 0 aromatic heterocycles. The molecular weight excluding hydrogens is 637 g/mol. The Morgan fingerprint density at radius 3 is 1.47 bits per heavy atom. The number of amidine groups is 2. The van der Waals surface area contributed by atoms with Gasteiger partial charge in [-0.25, -0.2) is 0 Å². The molecule has 4 heterocycles. The highest BCUT2D eigenvalue weighted by atomic mass is 32.2. The van der Waals surface area contributed by atoms with E-state index in [9.17, 15) is 9.59 Å². The van der Waals surface area contributed by atoms with Gasteiger partial charge in [0.25, 0.3) is 11.8 Å². The van der Waals surface area contributed by atoms with Crippen molar-refractivity contribution < 1.29 is 28.5 Å². The first kappa shape index (κ1) is 33.0. The van der Waals surface area contributed by atoms with Crippen LogP contribution < -0.4 is 18.9 Å². The van der Waals surface area contributed by atoms with Crippen molar-refractivity contribution in [3.05, 3.63) is 57.3 Å². The Morgan fingerprint density at radius 2 is 1.06 bits per heavy atom. The van der Waals surface area contributed by atoms with Gasteiger partial charge in [0.1, 0.15) is 0 Å². The van der Waals surface area contributed by atoms with Crippen LogP contribution in [-0.4, -0.2) is 85.6 Å². The van der Waals surface area contributed by atoms with Gasteiger partial charge in [-0.2, -0.15) is 9.98 Å². The van der Waals surface area contributed by atoms with Crippen LogP contribution in [0, 0.1) is 0 Å². The molecule has 2 aromatic rings. The van der Waals surface area contributed by atoms with Crippen LogP contribution in [0.25, 0.3) is 12.2 Å². The molecule has 0 spiro atoms. The second-order valence-corrected chi connectivity index (χ2v) is 13.6. The van der Waals surface area contributed by atoms with E-state index in [2.05, 4.69) is 19.8 Å². The zero-order valence-electron chi connectivity index (χ0n) is 26.9. The summed E-state index contributed by atoms with van der Waals surface area (Å²) < 4.78 is 23.2. The fourth-order valence-electron chi connectivity index (χ4n) is 5.75. The van der Waals surface area contributed by atoms with Gasteiger partial charge in [-0.05, 0) is 110 Å². The lowest BCUT2D eigenvalue weighted by atomic mass is 10.1. The van der Waals surface area contributed by atoms with Gasteiger partial charge in [-0.3, -0.25) is 9.59 Å². The lowest BCUT2D eigenvalue weighted by Gasteiger charge is -2.27. The molecule has 6 rings (SSSR count). The minimum absolute atomic E-state index is 0.197. The quantitative estimate of drug-likeness (QED) is 0.206. The zero-order chi connectivity index (χ0) is 32.6. The second-order valence-electron chi connectivity index (χ2n) is 11.6. The fourth-order valence-corrected chi connectivity index (χ4v) is 7.68. The van der Waals surface area contributed by atoms with E-state index in [1.54, 1.807) is 14.2 Å². The number of hydrogen-bond acceptors (Lipinski definition) is 10. The maximum atomic E-state index is 12.6. The molecule has 0 unspecified atom stereocenters. The molecule has 2 amide bonds. The molecule has 0 N–H and O–H groups in total. The highest BCUT2D eigenvalue weighted by Gasteiger charge is 2.28. The van der Waals surface area contributed by atoms with Crippen molar-refractivity contribution in [2.75, 3.05) is 53.6 Å². The summed E-state index contributed by atoms with van der Waals surface area (Å²) in [5.41, 5.74) is 1.70. The van der Waals surface area contributed by atoms with Gasteiger partial charge in [-0.1, -0.05) is 12.1 Å².